The van der Waals surface area contributed by atoms with E-state index in [0.717, 1.165) is 11.8 Å². The number of benzene rings is 3. The molecule has 202 valence electrons. The standard InChI is InChI=1S/C29H28ClFN4O3S/c1-19(21-6-4-3-5-7-21)32-29(36)28-26-18-34(39(2,37)38)17-22(16-20-8-12-24(31)13-9-20)27(26)33-35(28)25-14-10-23(30)11-15-25/h3-16,19,28,33H,17-18H2,1-2H3,(H,32,36)/b22-16+/t19-,28?/m1/s1. The molecule has 1 unspecified atom stereocenters. The largest absolute Gasteiger partial charge is 0.347 e. The Hall–Kier alpha value is -3.66. The van der Waals surface area contributed by atoms with Crippen molar-refractivity contribution >= 4 is 39.3 Å². The van der Waals surface area contributed by atoms with Gasteiger partial charge in [-0.2, -0.15) is 4.31 Å². The summed E-state index contributed by atoms with van der Waals surface area (Å²) < 4.78 is 40.3. The molecule has 7 nitrogen and oxygen atoms in total. The number of carbonyl (C=O) groups is 1. The van der Waals surface area contributed by atoms with E-state index in [1.165, 1.54) is 16.4 Å². The van der Waals surface area contributed by atoms with Gasteiger partial charge in [0.05, 0.1) is 23.7 Å². The summed E-state index contributed by atoms with van der Waals surface area (Å²) in [5.41, 5.74) is 7.67. The molecule has 1 amide bonds. The molecule has 2 aliphatic rings. The highest BCUT2D eigenvalue weighted by Crippen LogP contribution is 2.36. The predicted molar refractivity (Wildman–Crippen MR) is 152 cm³/mol. The molecule has 3 aromatic rings. The van der Waals surface area contributed by atoms with E-state index in [9.17, 15) is 17.6 Å². The molecule has 3 aromatic carbocycles. The molecule has 10 heteroatoms. The van der Waals surface area contributed by atoms with Crippen molar-refractivity contribution in [3.63, 3.8) is 0 Å². The fraction of sp³-hybridized carbons (Fsp3) is 0.207. The SMILES string of the molecule is C[C@@H](NC(=O)C1C2=C(NN1c1ccc(Cl)cc1)/C(=C/c1ccc(F)cc1)CN(S(C)(=O)=O)C2)c1ccccc1. The topological polar surface area (TPSA) is 81.8 Å². The smallest absolute Gasteiger partial charge is 0.249 e. The molecule has 0 saturated carbocycles. The summed E-state index contributed by atoms with van der Waals surface area (Å²) in [5.74, 6) is -0.647. The molecule has 0 aliphatic carbocycles. The van der Waals surface area contributed by atoms with E-state index in [0.29, 0.717) is 33.1 Å². The minimum atomic E-state index is -3.60. The maximum atomic E-state index is 13.9. The van der Waals surface area contributed by atoms with Gasteiger partial charge in [-0.05, 0) is 66.1 Å². The average Bonchev–Trinajstić information content (AvgIpc) is 3.30. The summed E-state index contributed by atoms with van der Waals surface area (Å²) >= 11 is 6.13. The van der Waals surface area contributed by atoms with Gasteiger partial charge in [-0.1, -0.05) is 54.1 Å². The monoisotopic (exact) mass is 566 g/mol. The predicted octanol–water partition coefficient (Wildman–Crippen LogP) is 4.66. The second kappa shape index (κ2) is 10.8. The summed E-state index contributed by atoms with van der Waals surface area (Å²) in [7, 11) is -3.60. The number of hydrazine groups is 1. The maximum absolute atomic E-state index is 13.9. The Kier molecular flexibility index (Phi) is 7.48. The van der Waals surface area contributed by atoms with Crippen LogP contribution in [0.5, 0.6) is 0 Å². The molecule has 5 rings (SSSR count). The average molecular weight is 567 g/mol. The van der Waals surface area contributed by atoms with Gasteiger partial charge in [0.15, 0.2) is 6.04 Å². The molecular formula is C29H28ClFN4O3S. The van der Waals surface area contributed by atoms with Crippen LogP contribution in [-0.2, 0) is 14.8 Å². The van der Waals surface area contributed by atoms with E-state index in [-0.39, 0.29) is 30.9 Å². The fourth-order valence-corrected chi connectivity index (χ4v) is 5.70. The number of hydrogen-bond acceptors (Lipinski definition) is 5. The molecule has 39 heavy (non-hydrogen) atoms. The van der Waals surface area contributed by atoms with Gasteiger partial charge in [-0.3, -0.25) is 15.2 Å². The van der Waals surface area contributed by atoms with Crippen molar-refractivity contribution in [2.24, 2.45) is 0 Å². The molecule has 0 saturated heterocycles. The Morgan fingerprint density at radius 2 is 1.72 bits per heavy atom. The summed E-state index contributed by atoms with van der Waals surface area (Å²) in [6.45, 7) is 2.05. The lowest BCUT2D eigenvalue weighted by atomic mass is 9.96. The first-order valence-corrected chi connectivity index (χ1v) is 14.6. The zero-order valence-corrected chi connectivity index (χ0v) is 23.0. The first-order chi connectivity index (χ1) is 18.6. The van der Waals surface area contributed by atoms with Gasteiger partial charge in [-0.15, -0.1) is 0 Å². The quantitative estimate of drug-likeness (QED) is 0.453. The minimum Gasteiger partial charge on any atom is -0.347 e. The van der Waals surface area contributed by atoms with Crippen molar-refractivity contribution in [3.8, 4) is 0 Å². The third kappa shape index (κ3) is 5.85. The highest BCUT2D eigenvalue weighted by atomic mass is 35.5. The Morgan fingerprint density at radius 1 is 1.05 bits per heavy atom. The number of amides is 1. The van der Waals surface area contributed by atoms with Crippen molar-refractivity contribution < 1.29 is 17.6 Å². The van der Waals surface area contributed by atoms with E-state index in [1.54, 1.807) is 41.4 Å². The number of nitrogens with one attached hydrogen (secondary N) is 2. The summed E-state index contributed by atoms with van der Waals surface area (Å²) in [4.78, 5) is 13.9. The van der Waals surface area contributed by atoms with Gasteiger partial charge in [-0.25, -0.2) is 12.8 Å². The van der Waals surface area contributed by atoms with E-state index >= 15 is 0 Å². The lowest BCUT2D eigenvalue weighted by molar-refractivity contribution is -0.122. The highest BCUT2D eigenvalue weighted by Gasteiger charge is 2.44. The van der Waals surface area contributed by atoms with Crippen LogP contribution < -0.4 is 15.8 Å². The first-order valence-electron chi connectivity index (χ1n) is 12.4. The van der Waals surface area contributed by atoms with Gasteiger partial charge in [0, 0.05) is 23.7 Å². The molecule has 0 aromatic heterocycles. The highest BCUT2D eigenvalue weighted by molar-refractivity contribution is 7.88. The number of hydrogen-bond donors (Lipinski definition) is 2. The lowest BCUT2D eigenvalue weighted by Gasteiger charge is -2.30. The van der Waals surface area contributed by atoms with E-state index < -0.39 is 16.1 Å². The van der Waals surface area contributed by atoms with Crippen molar-refractivity contribution in [2.45, 2.75) is 19.0 Å². The zero-order chi connectivity index (χ0) is 27.7. The van der Waals surface area contributed by atoms with Crippen LogP contribution in [0, 0.1) is 5.82 Å². The normalized spacial score (nSPS) is 19.5. The Balaban J connectivity index is 1.58. The number of sulfonamides is 1. The third-order valence-electron chi connectivity index (χ3n) is 6.85. The summed E-state index contributed by atoms with van der Waals surface area (Å²) in [6, 6.07) is 21.5. The maximum Gasteiger partial charge on any atom is 0.249 e. The van der Waals surface area contributed by atoms with Crippen LogP contribution in [0.4, 0.5) is 10.1 Å². The van der Waals surface area contributed by atoms with Crippen molar-refractivity contribution in [1.82, 2.24) is 15.0 Å². The minimum absolute atomic E-state index is 0.0455. The van der Waals surface area contributed by atoms with Crippen LogP contribution in [0.15, 0.2) is 95.7 Å². The molecule has 0 fully saturated rings. The molecule has 2 heterocycles. The van der Waals surface area contributed by atoms with Crippen LogP contribution in [0.2, 0.25) is 5.02 Å². The van der Waals surface area contributed by atoms with Gasteiger partial charge in [0.25, 0.3) is 0 Å². The van der Waals surface area contributed by atoms with E-state index in [1.807, 2.05) is 43.3 Å². The van der Waals surface area contributed by atoms with Crippen LogP contribution in [0.1, 0.15) is 24.1 Å². The zero-order valence-electron chi connectivity index (χ0n) is 21.4. The van der Waals surface area contributed by atoms with E-state index in [4.69, 9.17) is 11.6 Å². The molecular weight excluding hydrogens is 539 g/mol. The molecule has 0 radical (unpaired) electrons. The van der Waals surface area contributed by atoms with Crippen molar-refractivity contribution in [3.05, 3.63) is 118 Å². The third-order valence-corrected chi connectivity index (χ3v) is 8.30. The second-order valence-corrected chi connectivity index (χ2v) is 12.1. The molecule has 0 spiro atoms. The fourth-order valence-electron chi connectivity index (χ4n) is 4.83. The Labute approximate surface area is 232 Å². The number of anilines is 1. The lowest BCUT2D eigenvalue weighted by Crippen LogP contribution is -2.50. The van der Waals surface area contributed by atoms with Crippen LogP contribution in [-0.4, -0.2) is 44.0 Å². The summed E-state index contributed by atoms with van der Waals surface area (Å²) in [6.07, 6.45) is 2.96. The van der Waals surface area contributed by atoms with Crippen LogP contribution >= 0.6 is 11.6 Å². The molecule has 2 aliphatic heterocycles. The van der Waals surface area contributed by atoms with Gasteiger partial charge in [0.1, 0.15) is 5.82 Å². The van der Waals surface area contributed by atoms with Crippen molar-refractivity contribution in [2.75, 3.05) is 24.4 Å². The molecule has 2 atom stereocenters. The Bertz CT molecular complexity index is 1540. The van der Waals surface area contributed by atoms with Gasteiger partial charge < -0.3 is 5.32 Å². The number of rotatable bonds is 6. The molecule has 2 N–H and O–H groups in total. The summed E-state index contributed by atoms with van der Waals surface area (Å²) in [5, 5.41) is 5.38. The van der Waals surface area contributed by atoms with Crippen LogP contribution in [0.25, 0.3) is 6.08 Å². The van der Waals surface area contributed by atoms with Crippen molar-refractivity contribution in [1.29, 1.82) is 0 Å². The second-order valence-electron chi connectivity index (χ2n) is 9.65. The number of halogens is 2. The van der Waals surface area contributed by atoms with Crippen LogP contribution in [0.3, 0.4) is 0 Å². The number of nitrogens with zero attached hydrogens (tertiary/aromatic N) is 2. The van der Waals surface area contributed by atoms with Gasteiger partial charge >= 0.3 is 0 Å². The first kappa shape index (κ1) is 26.9. The Morgan fingerprint density at radius 3 is 2.36 bits per heavy atom. The van der Waals surface area contributed by atoms with E-state index in [2.05, 4.69) is 10.7 Å². The number of carbonyl (C=O) groups excluding carboxylic acids is 1. The van der Waals surface area contributed by atoms with Gasteiger partial charge in [0.2, 0.25) is 15.9 Å². The molecule has 0 bridgehead atoms.